The molecular weight excluding hydrogens is 346 g/mol. The molecule has 3 rings (SSSR count). The molecule has 0 unspecified atom stereocenters. The number of amides is 2. The Morgan fingerprint density at radius 1 is 1.15 bits per heavy atom. The predicted molar refractivity (Wildman–Crippen MR) is 106 cm³/mol. The summed E-state index contributed by atoms with van der Waals surface area (Å²) in [6, 6.07) is 12.4. The van der Waals surface area contributed by atoms with E-state index in [0.717, 1.165) is 51.3 Å². The van der Waals surface area contributed by atoms with Crippen molar-refractivity contribution < 1.29 is 9.53 Å². The number of urea groups is 1. The summed E-state index contributed by atoms with van der Waals surface area (Å²) in [5.41, 5.74) is 1.27. The summed E-state index contributed by atoms with van der Waals surface area (Å²) in [6.45, 7) is 5.19. The van der Waals surface area contributed by atoms with Gasteiger partial charge in [-0.2, -0.15) is 0 Å². The van der Waals surface area contributed by atoms with Crippen LogP contribution in [0, 0.1) is 0 Å². The predicted octanol–water partition coefficient (Wildman–Crippen LogP) is 3.22. The third-order valence-corrected chi connectivity index (χ3v) is 5.56. The molecule has 2 amide bonds. The van der Waals surface area contributed by atoms with Crippen LogP contribution in [0.5, 0.6) is 5.75 Å². The Kier molecular flexibility index (Phi) is 6.91. The molecule has 0 aliphatic carbocycles. The molecule has 6 heteroatoms. The molecule has 0 atom stereocenters. The number of thiophene rings is 1. The lowest BCUT2D eigenvalue weighted by atomic mass is 10.1. The lowest BCUT2D eigenvalue weighted by molar-refractivity contribution is 0.136. The molecule has 1 aliphatic heterocycles. The van der Waals surface area contributed by atoms with Crippen molar-refractivity contribution in [2.24, 2.45) is 0 Å². The van der Waals surface area contributed by atoms with Crippen LogP contribution in [0.4, 0.5) is 4.79 Å². The van der Waals surface area contributed by atoms with E-state index in [1.807, 2.05) is 17.0 Å². The Morgan fingerprint density at radius 3 is 2.58 bits per heavy atom. The number of aryl methyl sites for hydroxylation is 1. The van der Waals surface area contributed by atoms with Gasteiger partial charge in [-0.25, -0.2) is 4.79 Å². The van der Waals surface area contributed by atoms with E-state index in [0.29, 0.717) is 6.54 Å². The number of methoxy groups -OCH3 is 1. The number of nitrogens with zero attached hydrogens (tertiary/aromatic N) is 2. The zero-order valence-electron chi connectivity index (χ0n) is 15.3. The van der Waals surface area contributed by atoms with Crippen LogP contribution < -0.4 is 10.1 Å². The summed E-state index contributed by atoms with van der Waals surface area (Å²) in [6.07, 6.45) is 1.90. The maximum atomic E-state index is 12.3. The second kappa shape index (κ2) is 9.59. The highest BCUT2D eigenvalue weighted by Crippen LogP contribution is 2.14. The first-order valence-electron chi connectivity index (χ1n) is 9.15. The fraction of sp³-hybridized carbons (Fsp3) is 0.450. The van der Waals surface area contributed by atoms with Crippen LogP contribution in [0.2, 0.25) is 0 Å². The number of hydrogen-bond acceptors (Lipinski definition) is 4. The second-order valence-corrected chi connectivity index (χ2v) is 7.56. The van der Waals surface area contributed by atoms with Gasteiger partial charge >= 0.3 is 6.03 Å². The van der Waals surface area contributed by atoms with Crippen molar-refractivity contribution in [3.63, 3.8) is 0 Å². The molecule has 1 N–H and O–H groups in total. The van der Waals surface area contributed by atoms with Crippen LogP contribution in [0.1, 0.15) is 16.9 Å². The Labute approximate surface area is 159 Å². The molecule has 1 fully saturated rings. The molecule has 1 aromatic carbocycles. The van der Waals surface area contributed by atoms with Gasteiger partial charge in [-0.15, -0.1) is 11.3 Å². The molecule has 140 valence electrons. The molecule has 0 radical (unpaired) electrons. The quantitative estimate of drug-likeness (QED) is 0.758. The fourth-order valence-electron chi connectivity index (χ4n) is 3.12. The van der Waals surface area contributed by atoms with Gasteiger partial charge in [0.05, 0.1) is 7.11 Å². The van der Waals surface area contributed by atoms with Crippen LogP contribution in [0.15, 0.2) is 41.8 Å². The number of rotatable bonds is 7. The van der Waals surface area contributed by atoms with Crippen molar-refractivity contribution in [3.8, 4) is 5.75 Å². The Balaban J connectivity index is 1.31. The van der Waals surface area contributed by atoms with Crippen molar-refractivity contribution in [2.75, 3.05) is 39.8 Å². The highest BCUT2D eigenvalue weighted by molar-refractivity contribution is 7.09. The van der Waals surface area contributed by atoms with E-state index in [2.05, 4.69) is 39.9 Å². The van der Waals surface area contributed by atoms with E-state index in [4.69, 9.17) is 4.74 Å². The number of ether oxygens (including phenoxy) is 1. The number of hydrogen-bond donors (Lipinski definition) is 1. The summed E-state index contributed by atoms with van der Waals surface area (Å²) in [5, 5.41) is 5.17. The summed E-state index contributed by atoms with van der Waals surface area (Å²) < 4.78 is 5.16. The normalized spacial score (nSPS) is 15.0. The Bertz CT molecular complexity index is 665. The maximum Gasteiger partial charge on any atom is 0.317 e. The summed E-state index contributed by atoms with van der Waals surface area (Å²) in [5.74, 6) is 0.875. The van der Waals surface area contributed by atoms with E-state index in [1.54, 1.807) is 18.4 Å². The number of carbonyl (C=O) groups excluding carboxylic acids is 1. The molecule has 2 aromatic rings. The first kappa shape index (κ1) is 18.7. The van der Waals surface area contributed by atoms with Crippen molar-refractivity contribution in [1.29, 1.82) is 0 Å². The minimum absolute atomic E-state index is 0.0653. The molecule has 1 saturated heterocycles. The molecule has 5 nitrogen and oxygen atoms in total. The Morgan fingerprint density at radius 2 is 1.92 bits per heavy atom. The topological polar surface area (TPSA) is 44.8 Å². The standard InChI is InChI=1S/C20H27N3O2S/c1-25-18-8-6-17(7-9-18)4-2-10-21-20(24)23-13-11-22(12-14-23)16-19-5-3-15-26-19/h3,5-9,15H,2,4,10-14,16H2,1H3,(H,21,24). The van der Waals surface area contributed by atoms with Crippen molar-refractivity contribution >= 4 is 17.4 Å². The maximum absolute atomic E-state index is 12.3. The van der Waals surface area contributed by atoms with E-state index >= 15 is 0 Å². The van der Waals surface area contributed by atoms with Crippen molar-refractivity contribution in [2.45, 2.75) is 19.4 Å². The van der Waals surface area contributed by atoms with Gasteiger partial charge in [-0.05, 0) is 42.0 Å². The molecule has 0 spiro atoms. The van der Waals surface area contributed by atoms with Crippen LogP contribution in [-0.4, -0.2) is 55.7 Å². The fourth-order valence-corrected chi connectivity index (χ4v) is 3.87. The summed E-state index contributed by atoms with van der Waals surface area (Å²) in [4.78, 5) is 18.0. The first-order valence-corrected chi connectivity index (χ1v) is 10.0. The van der Waals surface area contributed by atoms with E-state index in [-0.39, 0.29) is 6.03 Å². The molecule has 0 saturated carbocycles. The third-order valence-electron chi connectivity index (χ3n) is 4.70. The van der Waals surface area contributed by atoms with Gasteiger partial charge in [0.15, 0.2) is 0 Å². The van der Waals surface area contributed by atoms with Gasteiger partial charge < -0.3 is 15.0 Å². The van der Waals surface area contributed by atoms with Crippen LogP contribution in [0.25, 0.3) is 0 Å². The number of nitrogens with one attached hydrogen (secondary N) is 1. The average Bonchev–Trinajstić information content (AvgIpc) is 3.19. The van der Waals surface area contributed by atoms with Gasteiger partial charge in [-0.1, -0.05) is 18.2 Å². The molecular formula is C20H27N3O2S. The monoisotopic (exact) mass is 373 g/mol. The van der Waals surface area contributed by atoms with Gasteiger partial charge in [0.2, 0.25) is 0 Å². The number of carbonyl (C=O) groups is 1. The minimum atomic E-state index is 0.0653. The SMILES string of the molecule is COc1ccc(CCCNC(=O)N2CCN(Cc3cccs3)CC2)cc1. The highest BCUT2D eigenvalue weighted by atomic mass is 32.1. The molecule has 1 aromatic heterocycles. The van der Waals surface area contributed by atoms with Gasteiger partial charge in [0.25, 0.3) is 0 Å². The van der Waals surface area contributed by atoms with E-state index < -0.39 is 0 Å². The van der Waals surface area contributed by atoms with Crippen LogP contribution in [0.3, 0.4) is 0 Å². The average molecular weight is 374 g/mol. The molecule has 26 heavy (non-hydrogen) atoms. The lowest BCUT2D eigenvalue weighted by Crippen LogP contribution is -2.51. The Hall–Kier alpha value is -2.05. The summed E-state index contributed by atoms with van der Waals surface area (Å²) in [7, 11) is 1.67. The molecule has 2 heterocycles. The van der Waals surface area contributed by atoms with E-state index in [1.165, 1.54) is 10.4 Å². The number of benzene rings is 1. The van der Waals surface area contributed by atoms with Crippen LogP contribution in [-0.2, 0) is 13.0 Å². The highest BCUT2D eigenvalue weighted by Gasteiger charge is 2.20. The number of piperazine rings is 1. The third kappa shape index (κ3) is 5.47. The van der Waals surface area contributed by atoms with Crippen molar-refractivity contribution in [1.82, 2.24) is 15.1 Å². The second-order valence-electron chi connectivity index (χ2n) is 6.53. The molecule has 1 aliphatic rings. The summed E-state index contributed by atoms with van der Waals surface area (Å²) >= 11 is 1.80. The largest absolute Gasteiger partial charge is 0.497 e. The lowest BCUT2D eigenvalue weighted by Gasteiger charge is -2.34. The van der Waals surface area contributed by atoms with Crippen LogP contribution >= 0.6 is 11.3 Å². The zero-order valence-corrected chi connectivity index (χ0v) is 16.1. The van der Waals surface area contributed by atoms with Gasteiger partial charge in [0.1, 0.15) is 5.75 Å². The van der Waals surface area contributed by atoms with Gasteiger partial charge in [0, 0.05) is 44.1 Å². The minimum Gasteiger partial charge on any atom is -0.497 e. The first-order chi connectivity index (χ1) is 12.7. The van der Waals surface area contributed by atoms with Gasteiger partial charge in [-0.3, -0.25) is 4.90 Å². The smallest absolute Gasteiger partial charge is 0.317 e. The van der Waals surface area contributed by atoms with Crippen molar-refractivity contribution in [3.05, 3.63) is 52.2 Å². The molecule has 0 bridgehead atoms. The van der Waals surface area contributed by atoms with E-state index in [9.17, 15) is 4.79 Å². The zero-order chi connectivity index (χ0) is 18.2.